The average Bonchev–Trinajstić information content (AvgIpc) is 2.17. The van der Waals surface area contributed by atoms with Crippen LogP contribution in [0.25, 0.3) is 0 Å². The first-order valence-electron chi connectivity index (χ1n) is 4.63. The monoisotopic (exact) mass is 199 g/mol. The Morgan fingerprint density at radius 1 is 1.64 bits per heavy atom. The molecule has 0 aromatic heterocycles. The molecule has 1 atom stereocenters. The number of amides is 1. The standard InChI is InChI=1S/C10H17NO3/c1-4-6-7-14-10(12)11-9(5-2)8-13-3/h2,9H,4,6-8H2,1,3H3,(H,11,12)/t9-/m0/s1. The number of carbonyl (C=O) groups is 1. The van der Waals surface area contributed by atoms with E-state index < -0.39 is 12.1 Å². The highest BCUT2D eigenvalue weighted by Crippen LogP contribution is 1.90. The van der Waals surface area contributed by atoms with Crippen molar-refractivity contribution in [2.45, 2.75) is 25.8 Å². The van der Waals surface area contributed by atoms with Gasteiger partial charge in [0.15, 0.2) is 0 Å². The Bertz CT molecular complexity index is 198. The Hall–Kier alpha value is -1.21. The summed E-state index contributed by atoms with van der Waals surface area (Å²) >= 11 is 0. The second-order valence-corrected chi connectivity index (χ2v) is 2.81. The van der Waals surface area contributed by atoms with Gasteiger partial charge in [-0.05, 0) is 6.42 Å². The number of carbonyl (C=O) groups excluding carboxylic acids is 1. The first-order chi connectivity index (χ1) is 6.74. The molecule has 0 fully saturated rings. The maximum atomic E-state index is 11.1. The summed E-state index contributed by atoms with van der Waals surface area (Å²) in [5.74, 6) is 2.39. The largest absolute Gasteiger partial charge is 0.450 e. The van der Waals surface area contributed by atoms with Gasteiger partial charge >= 0.3 is 6.09 Å². The van der Waals surface area contributed by atoms with E-state index in [1.165, 1.54) is 7.11 Å². The molecule has 0 unspecified atom stereocenters. The molecule has 0 aliphatic rings. The van der Waals surface area contributed by atoms with Crippen LogP contribution in [0, 0.1) is 12.3 Å². The lowest BCUT2D eigenvalue weighted by Crippen LogP contribution is -2.37. The van der Waals surface area contributed by atoms with Gasteiger partial charge in [-0.15, -0.1) is 6.42 Å². The van der Waals surface area contributed by atoms with Crippen LogP contribution < -0.4 is 5.32 Å². The molecular weight excluding hydrogens is 182 g/mol. The van der Waals surface area contributed by atoms with Crippen molar-refractivity contribution in [3.8, 4) is 12.3 Å². The zero-order chi connectivity index (χ0) is 10.8. The number of methoxy groups -OCH3 is 1. The van der Waals surface area contributed by atoms with Crippen molar-refractivity contribution in [2.24, 2.45) is 0 Å². The zero-order valence-electron chi connectivity index (χ0n) is 8.71. The van der Waals surface area contributed by atoms with Gasteiger partial charge in [-0.3, -0.25) is 0 Å². The minimum absolute atomic E-state index is 0.291. The van der Waals surface area contributed by atoms with Crippen LogP contribution in [0.3, 0.4) is 0 Å². The molecule has 0 aliphatic carbocycles. The van der Waals surface area contributed by atoms with Crippen LogP contribution >= 0.6 is 0 Å². The quantitative estimate of drug-likeness (QED) is 0.516. The third-order valence-electron chi connectivity index (χ3n) is 1.56. The van der Waals surface area contributed by atoms with Crippen LogP contribution in [0.2, 0.25) is 0 Å². The Balaban J connectivity index is 3.63. The number of terminal acetylenes is 1. The normalized spacial score (nSPS) is 11.5. The van der Waals surface area contributed by atoms with Crippen LogP contribution in [-0.4, -0.2) is 32.5 Å². The molecule has 0 spiro atoms. The van der Waals surface area contributed by atoms with E-state index in [2.05, 4.69) is 11.2 Å². The molecule has 0 aromatic carbocycles. The minimum atomic E-state index is -0.488. The molecule has 0 saturated heterocycles. The van der Waals surface area contributed by atoms with Crippen molar-refractivity contribution in [3.05, 3.63) is 0 Å². The van der Waals surface area contributed by atoms with E-state index in [9.17, 15) is 4.79 Å². The predicted octanol–water partition coefficient (Wildman–Crippen LogP) is 1.16. The number of alkyl carbamates (subject to hydrolysis) is 1. The summed E-state index contributed by atoms with van der Waals surface area (Å²) in [5.41, 5.74) is 0. The minimum Gasteiger partial charge on any atom is -0.450 e. The molecule has 80 valence electrons. The molecule has 0 saturated carbocycles. The molecule has 0 aliphatic heterocycles. The highest BCUT2D eigenvalue weighted by molar-refractivity contribution is 5.68. The lowest BCUT2D eigenvalue weighted by Gasteiger charge is -2.11. The lowest BCUT2D eigenvalue weighted by atomic mass is 10.3. The van der Waals surface area contributed by atoms with E-state index >= 15 is 0 Å². The fourth-order valence-corrected chi connectivity index (χ4v) is 0.791. The number of ether oxygens (including phenoxy) is 2. The Morgan fingerprint density at radius 3 is 2.86 bits per heavy atom. The second kappa shape index (κ2) is 8.39. The Kier molecular flexibility index (Phi) is 7.67. The van der Waals surface area contributed by atoms with Gasteiger partial charge in [0.25, 0.3) is 0 Å². The zero-order valence-corrected chi connectivity index (χ0v) is 8.71. The summed E-state index contributed by atoms with van der Waals surface area (Å²) < 4.78 is 9.67. The predicted molar refractivity (Wildman–Crippen MR) is 53.9 cm³/mol. The van der Waals surface area contributed by atoms with Crippen molar-refractivity contribution in [1.29, 1.82) is 0 Å². The van der Waals surface area contributed by atoms with Crippen LogP contribution in [0.15, 0.2) is 0 Å². The Morgan fingerprint density at radius 2 is 2.36 bits per heavy atom. The van der Waals surface area contributed by atoms with E-state index in [1.807, 2.05) is 6.92 Å². The van der Waals surface area contributed by atoms with E-state index in [0.29, 0.717) is 13.2 Å². The van der Waals surface area contributed by atoms with Crippen molar-refractivity contribution in [1.82, 2.24) is 5.32 Å². The second-order valence-electron chi connectivity index (χ2n) is 2.81. The van der Waals surface area contributed by atoms with Crippen molar-refractivity contribution >= 4 is 6.09 Å². The molecule has 4 heteroatoms. The van der Waals surface area contributed by atoms with Gasteiger partial charge in [0, 0.05) is 7.11 Å². The van der Waals surface area contributed by atoms with Crippen LogP contribution in [0.5, 0.6) is 0 Å². The third kappa shape index (κ3) is 6.32. The first kappa shape index (κ1) is 12.8. The third-order valence-corrected chi connectivity index (χ3v) is 1.56. The van der Waals surface area contributed by atoms with E-state index in [0.717, 1.165) is 12.8 Å². The number of unbranched alkanes of at least 4 members (excludes halogenated alkanes) is 1. The molecule has 0 rings (SSSR count). The van der Waals surface area contributed by atoms with Crippen LogP contribution in [-0.2, 0) is 9.47 Å². The number of rotatable bonds is 6. The van der Waals surface area contributed by atoms with Crippen LogP contribution in [0.1, 0.15) is 19.8 Å². The van der Waals surface area contributed by atoms with Gasteiger partial charge in [0.1, 0.15) is 6.04 Å². The average molecular weight is 199 g/mol. The number of hydrogen-bond acceptors (Lipinski definition) is 3. The molecule has 1 N–H and O–H groups in total. The summed E-state index contributed by atoms with van der Waals surface area (Å²) in [6.45, 7) is 2.74. The summed E-state index contributed by atoms with van der Waals surface area (Å²) in [5, 5.41) is 2.50. The molecule has 0 aromatic rings. The van der Waals surface area contributed by atoms with Gasteiger partial charge < -0.3 is 14.8 Å². The topological polar surface area (TPSA) is 47.6 Å². The van der Waals surface area contributed by atoms with Crippen molar-refractivity contribution in [2.75, 3.05) is 20.3 Å². The SMILES string of the molecule is C#C[C@@H](COC)NC(=O)OCCCC. The Labute approximate surface area is 85.0 Å². The van der Waals surface area contributed by atoms with Gasteiger partial charge in [0.05, 0.1) is 13.2 Å². The first-order valence-corrected chi connectivity index (χ1v) is 4.63. The van der Waals surface area contributed by atoms with E-state index in [-0.39, 0.29) is 0 Å². The van der Waals surface area contributed by atoms with Crippen molar-refractivity contribution < 1.29 is 14.3 Å². The highest BCUT2D eigenvalue weighted by Gasteiger charge is 2.09. The number of nitrogens with one attached hydrogen (secondary N) is 1. The fourth-order valence-electron chi connectivity index (χ4n) is 0.791. The molecule has 14 heavy (non-hydrogen) atoms. The molecule has 0 heterocycles. The molecule has 4 nitrogen and oxygen atoms in total. The molecule has 1 amide bonds. The summed E-state index contributed by atoms with van der Waals surface area (Å²) in [7, 11) is 1.52. The molecule has 0 radical (unpaired) electrons. The van der Waals surface area contributed by atoms with Gasteiger partial charge in [0.2, 0.25) is 0 Å². The van der Waals surface area contributed by atoms with Gasteiger partial charge in [-0.2, -0.15) is 0 Å². The number of hydrogen-bond donors (Lipinski definition) is 1. The molecular formula is C10H17NO3. The maximum absolute atomic E-state index is 11.1. The van der Waals surface area contributed by atoms with Gasteiger partial charge in [-0.25, -0.2) is 4.79 Å². The van der Waals surface area contributed by atoms with E-state index in [1.54, 1.807) is 0 Å². The van der Waals surface area contributed by atoms with Crippen LogP contribution in [0.4, 0.5) is 4.79 Å². The van der Waals surface area contributed by atoms with E-state index in [4.69, 9.17) is 15.9 Å². The lowest BCUT2D eigenvalue weighted by molar-refractivity contribution is 0.132. The van der Waals surface area contributed by atoms with Crippen molar-refractivity contribution in [3.63, 3.8) is 0 Å². The summed E-state index contributed by atoms with van der Waals surface area (Å²) in [4.78, 5) is 11.1. The summed E-state index contributed by atoms with van der Waals surface area (Å²) in [6, 6.07) is -0.422. The highest BCUT2D eigenvalue weighted by atomic mass is 16.5. The maximum Gasteiger partial charge on any atom is 0.408 e. The fraction of sp³-hybridized carbons (Fsp3) is 0.700. The smallest absolute Gasteiger partial charge is 0.408 e. The van der Waals surface area contributed by atoms with Gasteiger partial charge in [-0.1, -0.05) is 19.3 Å². The molecule has 0 bridgehead atoms. The summed E-state index contributed by atoms with van der Waals surface area (Å²) in [6.07, 6.45) is 6.52.